The fourth-order valence-corrected chi connectivity index (χ4v) is 8.23. The highest BCUT2D eigenvalue weighted by Crippen LogP contribution is 2.39. The molecule has 1 aromatic heterocycles. The molecule has 4 amide bonds. The van der Waals surface area contributed by atoms with Crippen LogP contribution in [0.25, 0.3) is 21.8 Å². The molecule has 256 valence electrons. The molecule has 4 heterocycles. The molecular weight excluding hydrogens is 661 g/mol. The Morgan fingerprint density at radius 1 is 1.08 bits per heavy atom. The van der Waals surface area contributed by atoms with Crippen molar-refractivity contribution in [3.63, 3.8) is 0 Å². The van der Waals surface area contributed by atoms with Crippen LogP contribution in [0.5, 0.6) is 5.75 Å². The van der Waals surface area contributed by atoms with Crippen LogP contribution in [0.4, 0.5) is 21.5 Å². The third-order valence-electron chi connectivity index (χ3n) is 9.26. The van der Waals surface area contributed by atoms with Crippen LogP contribution in [0, 0.1) is 5.82 Å². The van der Waals surface area contributed by atoms with Gasteiger partial charge in [-0.25, -0.2) is 18.2 Å². The average Bonchev–Trinajstić information content (AvgIpc) is 3.46. The molecule has 4 aromatic rings. The van der Waals surface area contributed by atoms with Crippen molar-refractivity contribution in [1.82, 2.24) is 19.2 Å². The molecule has 3 aliphatic rings. The standard InChI is InChI=1S/C32H32FN7O8S/c1-37-29-20-4-2-12-38(21(20)8-9-22(29)40(32(37)46)23-10-11-26(43)35-31(23)45)13-3-5-25(42)34-18-6-7-19-17(14-18)15-24(41)30(28(19)33)39-16-27(44)36-49(39,47)48/h6-9,14-15,23,41H,2-5,10-13,16H2,1H3,(H,34,42)(H,36,44)(H,35,43,45). The van der Waals surface area contributed by atoms with Gasteiger partial charge in [-0.1, -0.05) is 0 Å². The molecule has 0 spiro atoms. The number of piperidine rings is 1. The maximum Gasteiger partial charge on any atom is 0.329 e. The minimum atomic E-state index is -4.34. The maximum absolute atomic E-state index is 15.4. The Kier molecular flexibility index (Phi) is 7.80. The lowest BCUT2D eigenvalue weighted by Crippen LogP contribution is -2.44. The fourth-order valence-electron chi connectivity index (χ4n) is 7.07. The van der Waals surface area contributed by atoms with E-state index in [-0.39, 0.29) is 47.5 Å². The number of fused-ring (bicyclic) bond motifs is 4. The number of halogens is 1. The summed E-state index contributed by atoms with van der Waals surface area (Å²) >= 11 is 0. The molecule has 3 aliphatic heterocycles. The van der Waals surface area contributed by atoms with Crippen LogP contribution in [0.1, 0.15) is 43.7 Å². The predicted octanol–water partition coefficient (Wildman–Crippen LogP) is 1.67. The molecule has 2 fully saturated rings. The number of aromatic nitrogens is 2. The van der Waals surface area contributed by atoms with Gasteiger partial charge in [-0.2, -0.15) is 8.42 Å². The number of benzene rings is 3. The van der Waals surface area contributed by atoms with E-state index in [1.807, 2.05) is 12.1 Å². The molecule has 4 N–H and O–H groups in total. The first kappa shape index (κ1) is 32.1. The summed E-state index contributed by atoms with van der Waals surface area (Å²) in [7, 11) is -2.67. The summed E-state index contributed by atoms with van der Waals surface area (Å²) in [5.74, 6) is -3.69. The van der Waals surface area contributed by atoms with Crippen LogP contribution < -0.4 is 30.3 Å². The zero-order chi connectivity index (χ0) is 34.8. The second-order valence-electron chi connectivity index (χ2n) is 12.4. The average molecular weight is 694 g/mol. The predicted molar refractivity (Wildman–Crippen MR) is 177 cm³/mol. The highest BCUT2D eigenvalue weighted by molar-refractivity contribution is 7.92. The largest absolute Gasteiger partial charge is 0.506 e. The van der Waals surface area contributed by atoms with E-state index in [2.05, 4.69) is 15.5 Å². The summed E-state index contributed by atoms with van der Waals surface area (Å²) < 4.78 is 45.1. The monoisotopic (exact) mass is 693 g/mol. The number of hydrogen-bond acceptors (Lipinski definition) is 9. The molecule has 49 heavy (non-hydrogen) atoms. The topological polar surface area (TPSA) is 192 Å². The van der Waals surface area contributed by atoms with Crippen LogP contribution in [0.15, 0.2) is 41.2 Å². The van der Waals surface area contributed by atoms with Gasteiger partial charge in [0, 0.05) is 55.3 Å². The number of carbonyl (C=O) groups excluding carboxylic acids is 4. The highest BCUT2D eigenvalue weighted by atomic mass is 32.2. The number of nitrogens with zero attached hydrogens (tertiary/aromatic N) is 4. The quantitative estimate of drug-likeness (QED) is 0.209. The summed E-state index contributed by atoms with van der Waals surface area (Å²) in [6.45, 7) is 0.647. The first-order chi connectivity index (χ1) is 23.3. The van der Waals surface area contributed by atoms with Gasteiger partial charge in [0.1, 0.15) is 24.0 Å². The first-order valence-electron chi connectivity index (χ1n) is 15.7. The van der Waals surface area contributed by atoms with Gasteiger partial charge in [0.15, 0.2) is 5.82 Å². The SMILES string of the molecule is Cn1c(=O)n(C2CCC(=O)NC2=O)c2ccc3c(c21)CCCN3CCCC(=O)Nc1ccc2c(F)c(N3CC(=O)NS3(=O)=O)c(O)cc2c1. The lowest BCUT2D eigenvalue weighted by molar-refractivity contribution is -0.135. The van der Waals surface area contributed by atoms with Gasteiger partial charge in [-0.3, -0.25) is 33.6 Å². The summed E-state index contributed by atoms with van der Waals surface area (Å²) in [5.41, 5.74) is 2.69. The third-order valence-corrected chi connectivity index (χ3v) is 10.6. The molecule has 2 saturated heterocycles. The van der Waals surface area contributed by atoms with Crippen LogP contribution in [0.3, 0.4) is 0 Å². The molecule has 0 saturated carbocycles. The first-order valence-corrected chi connectivity index (χ1v) is 17.2. The fraction of sp³-hybridized carbons (Fsp3) is 0.344. The van der Waals surface area contributed by atoms with Crippen molar-refractivity contribution in [3.8, 4) is 5.75 Å². The molecule has 15 nitrogen and oxygen atoms in total. The van der Waals surface area contributed by atoms with E-state index in [0.29, 0.717) is 28.5 Å². The molecule has 7 rings (SSSR count). The van der Waals surface area contributed by atoms with Gasteiger partial charge in [0.2, 0.25) is 17.7 Å². The Balaban J connectivity index is 1.04. The Hall–Kier alpha value is -5.45. The molecule has 1 atom stereocenters. The lowest BCUT2D eigenvalue weighted by Gasteiger charge is -2.32. The smallest absolute Gasteiger partial charge is 0.329 e. The number of aromatic hydroxyl groups is 1. The summed E-state index contributed by atoms with van der Waals surface area (Å²) in [6.07, 6.45) is 2.64. The summed E-state index contributed by atoms with van der Waals surface area (Å²) in [4.78, 5) is 64.3. The zero-order valence-corrected chi connectivity index (χ0v) is 27.1. The van der Waals surface area contributed by atoms with E-state index in [1.54, 1.807) is 16.3 Å². The maximum atomic E-state index is 15.4. The lowest BCUT2D eigenvalue weighted by atomic mass is 9.99. The third kappa shape index (κ3) is 5.52. The molecule has 0 aliphatic carbocycles. The Morgan fingerprint density at radius 2 is 1.88 bits per heavy atom. The van der Waals surface area contributed by atoms with Gasteiger partial charge >= 0.3 is 15.9 Å². The van der Waals surface area contributed by atoms with Crippen molar-refractivity contribution in [2.45, 2.75) is 44.6 Å². The Bertz CT molecular complexity index is 2280. The van der Waals surface area contributed by atoms with Crippen molar-refractivity contribution in [3.05, 3.63) is 58.3 Å². The van der Waals surface area contributed by atoms with Crippen molar-refractivity contribution in [2.24, 2.45) is 7.05 Å². The number of hydrogen-bond donors (Lipinski definition) is 4. The van der Waals surface area contributed by atoms with Crippen molar-refractivity contribution >= 4 is 72.7 Å². The van der Waals surface area contributed by atoms with Gasteiger partial charge in [0.25, 0.3) is 5.91 Å². The van der Waals surface area contributed by atoms with E-state index < -0.39 is 51.9 Å². The van der Waals surface area contributed by atoms with Crippen molar-refractivity contribution in [2.75, 3.05) is 34.2 Å². The van der Waals surface area contributed by atoms with Crippen LogP contribution >= 0.6 is 0 Å². The number of carbonyl (C=O) groups is 4. The van der Waals surface area contributed by atoms with Crippen LogP contribution in [0.2, 0.25) is 0 Å². The van der Waals surface area contributed by atoms with Gasteiger partial charge in [-0.15, -0.1) is 0 Å². The summed E-state index contributed by atoms with van der Waals surface area (Å²) in [5, 5.41) is 15.8. The van der Waals surface area contributed by atoms with Crippen molar-refractivity contribution < 1.29 is 37.1 Å². The molecule has 17 heteroatoms. The number of rotatable bonds is 7. The van der Waals surface area contributed by atoms with Gasteiger partial charge < -0.3 is 15.3 Å². The van der Waals surface area contributed by atoms with E-state index in [4.69, 9.17) is 0 Å². The van der Waals surface area contributed by atoms with E-state index in [9.17, 15) is 37.5 Å². The zero-order valence-electron chi connectivity index (χ0n) is 26.3. The number of imide groups is 1. The Labute approximate surface area is 278 Å². The van der Waals surface area contributed by atoms with Gasteiger partial charge in [0.05, 0.1) is 11.0 Å². The number of phenolic OH excluding ortho intramolecular Hbond substituents is 1. The number of aryl methyl sites for hydroxylation is 2. The van der Waals surface area contributed by atoms with Crippen molar-refractivity contribution in [1.29, 1.82) is 0 Å². The normalized spacial score (nSPS) is 18.9. The minimum Gasteiger partial charge on any atom is -0.506 e. The molecule has 0 bridgehead atoms. The Morgan fingerprint density at radius 3 is 2.61 bits per heavy atom. The number of amides is 4. The molecular formula is C32H32FN7O8S. The number of imidazole rings is 1. The van der Waals surface area contributed by atoms with E-state index >= 15 is 4.39 Å². The van der Waals surface area contributed by atoms with Crippen LogP contribution in [-0.2, 0) is 42.9 Å². The number of anilines is 3. The second-order valence-corrected chi connectivity index (χ2v) is 14.0. The van der Waals surface area contributed by atoms with E-state index in [1.165, 1.54) is 28.8 Å². The molecule has 1 unspecified atom stereocenters. The van der Waals surface area contributed by atoms with Crippen LogP contribution in [-0.4, -0.2) is 65.9 Å². The highest BCUT2D eigenvalue weighted by Gasteiger charge is 2.38. The number of phenols is 1. The van der Waals surface area contributed by atoms with E-state index in [0.717, 1.165) is 36.2 Å². The second kappa shape index (κ2) is 11.9. The summed E-state index contributed by atoms with van der Waals surface area (Å²) in [6, 6.07) is 8.43. The molecule has 3 aromatic carbocycles. The minimum absolute atomic E-state index is 0.0110. The number of nitrogens with one attached hydrogen (secondary N) is 3. The van der Waals surface area contributed by atoms with Gasteiger partial charge in [-0.05, 0) is 67.5 Å². The molecule has 0 radical (unpaired) electrons.